The predicted molar refractivity (Wildman–Crippen MR) is 122 cm³/mol. The third kappa shape index (κ3) is 7.34. The molecule has 6 heteroatoms. The number of nitrogens with two attached hydrogens (primary N) is 1. The Morgan fingerprint density at radius 3 is 2.36 bits per heavy atom. The van der Waals surface area contributed by atoms with E-state index in [2.05, 4.69) is 29.3 Å². The number of para-hydroxylation sites is 1. The van der Waals surface area contributed by atoms with Gasteiger partial charge >= 0.3 is 0 Å². The minimum atomic E-state index is 0. The molecule has 0 unspecified atom stereocenters. The molecule has 1 amide bonds. The summed E-state index contributed by atoms with van der Waals surface area (Å²) in [6.07, 6.45) is 3.67. The Hall–Kier alpha value is -1.75. The van der Waals surface area contributed by atoms with Gasteiger partial charge in [-0.15, -0.1) is 24.8 Å². The number of nitrogens with zero attached hydrogens (tertiary/aromatic N) is 1. The number of amides is 1. The topological polar surface area (TPSA) is 58.4 Å². The van der Waals surface area contributed by atoms with Crippen LogP contribution in [0, 0.1) is 5.92 Å². The molecule has 1 saturated heterocycles. The molecule has 1 aliphatic heterocycles. The molecule has 1 aliphatic rings. The lowest BCUT2D eigenvalue weighted by molar-refractivity contribution is -0.116. The largest absolute Gasteiger partial charge is 0.399 e. The van der Waals surface area contributed by atoms with Crippen molar-refractivity contribution in [1.82, 2.24) is 4.90 Å². The fourth-order valence-electron chi connectivity index (χ4n) is 3.41. The van der Waals surface area contributed by atoms with Crippen molar-refractivity contribution in [2.24, 2.45) is 5.92 Å². The number of hydrogen-bond acceptors (Lipinski definition) is 3. The molecule has 0 spiro atoms. The molecular formula is C22H31Cl2N3O. The molecule has 3 rings (SSSR count). The van der Waals surface area contributed by atoms with E-state index < -0.39 is 0 Å². The molecule has 0 bridgehead atoms. The number of benzene rings is 2. The van der Waals surface area contributed by atoms with E-state index in [-0.39, 0.29) is 30.7 Å². The Morgan fingerprint density at radius 2 is 1.71 bits per heavy atom. The number of piperidine rings is 1. The number of carbonyl (C=O) groups excluding carboxylic acids is 1. The first-order chi connectivity index (χ1) is 12.6. The van der Waals surface area contributed by atoms with Gasteiger partial charge in [0.15, 0.2) is 0 Å². The highest BCUT2D eigenvalue weighted by atomic mass is 35.5. The van der Waals surface area contributed by atoms with Crippen LogP contribution in [-0.4, -0.2) is 23.9 Å². The molecule has 0 atom stereocenters. The summed E-state index contributed by atoms with van der Waals surface area (Å²) in [6, 6.07) is 15.9. The van der Waals surface area contributed by atoms with Gasteiger partial charge in [-0.1, -0.05) is 37.3 Å². The summed E-state index contributed by atoms with van der Waals surface area (Å²) >= 11 is 0. The summed E-state index contributed by atoms with van der Waals surface area (Å²) in [5, 5.41) is 2.97. The van der Waals surface area contributed by atoms with Crippen molar-refractivity contribution in [3.63, 3.8) is 0 Å². The molecule has 0 aliphatic carbocycles. The highest BCUT2D eigenvalue weighted by Gasteiger charge is 2.15. The molecule has 4 nitrogen and oxygen atoms in total. The zero-order chi connectivity index (χ0) is 18.4. The Bertz CT molecular complexity index is 729. The molecule has 2 aromatic rings. The van der Waals surface area contributed by atoms with Gasteiger partial charge in [0.25, 0.3) is 0 Å². The second-order valence-corrected chi connectivity index (χ2v) is 7.40. The van der Waals surface area contributed by atoms with Crippen molar-refractivity contribution in [1.29, 1.82) is 0 Å². The third-order valence-corrected chi connectivity index (χ3v) is 5.20. The number of halogens is 2. The Kier molecular flexibility index (Phi) is 10.4. The SMILES string of the molecule is CC1CCN(Cc2ccc(NC(=O)CCc3ccccc3N)cc2)CC1.Cl.Cl. The summed E-state index contributed by atoms with van der Waals surface area (Å²) in [6.45, 7) is 5.69. The van der Waals surface area contributed by atoms with Crippen LogP contribution in [0.4, 0.5) is 11.4 Å². The third-order valence-electron chi connectivity index (χ3n) is 5.20. The van der Waals surface area contributed by atoms with Gasteiger partial charge in [-0.3, -0.25) is 9.69 Å². The number of nitrogen functional groups attached to an aromatic ring is 1. The van der Waals surface area contributed by atoms with Gasteiger partial charge in [-0.2, -0.15) is 0 Å². The van der Waals surface area contributed by atoms with E-state index in [1.807, 2.05) is 36.4 Å². The number of carbonyl (C=O) groups is 1. The zero-order valence-corrected chi connectivity index (χ0v) is 18.0. The van der Waals surface area contributed by atoms with Crippen LogP contribution in [0.15, 0.2) is 48.5 Å². The maximum absolute atomic E-state index is 12.2. The van der Waals surface area contributed by atoms with Gasteiger partial charge in [-0.25, -0.2) is 0 Å². The van der Waals surface area contributed by atoms with E-state index in [1.54, 1.807) is 0 Å². The summed E-state index contributed by atoms with van der Waals surface area (Å²) in [4.78, 5) is 14.7. The average molecular weight is 424 g/mol. The molecule has 28 heavy (non-hydrogen) atoms. The van der Waals surface area contributed by atoms with E-state index >= 15 is 0 Å². The molecule has 2 aromatic carbocycles. The number of rotatable bonds is 6. The molecule has 154 valence electrons. The summed E-state index contributed by atoms with van der Waals surface area (Å²) < 4.78 is 0. The van der Waals surface area contributed by atoms with Crippen molar-refractivity contribution >= 4 is 42.1 Å². The minimum Gasteiger partial charge on any atom is -0.399 e. The van der Waals surface area contributed by atoms with Crippen LogP contribution in [0.1, 0.15) is 37.3 Å². The number of anilines is 2. The number of hydrogen-bond donors (Lipinski definition) is 2. The molecule has 0 radical (unpaired) electrons. The number of nitrogens with one attached hydrogen (secondary N) is 1. The second-order valence-electron chi connectivity index (χ2n) is 7.40. The summed E-state index contributed by atoms with van der Waals surface area (Å²) in [7, 11) is 0. The van der Waals surface area contributed by atoms with Crippen molar-refractivity contribution < 1.29 is 4.79 Å². The maximum atomic E-state index is 12.2. The lowest BCUT2D eigenvalue weighted by atomic mass is 9.99. The van der Waals surface area contributed by atoms with Crippen LogP contribution in [0.25, 0.3) is 0 Å². The smallest absolute Gasteiger partial charge is 0.224 e. The van der Waals surface area contributed by atoms with E-state index in [1.165, 1.54) is 31.5 Å². The standard InChI is InChI=1S/C22H29N3O.2ClH/c1-17-12-14-25(15-13-17)16-18-6-9-20(10-7-18)24-22(26)11-8-19-4-2-3-5-21(19)23;;/h2-7,9-10,17H,8,11-16,23H2,1H3,(H,24,26);2*1H. The molecular weight excluding hydrogens is 393 g/mol. The highest BCUT2D eigenvalue weighted by molar-refractivity contribution is 5.90. The summed E-state index contributed by atoms with van der Waals surface area (Å²) in [5.41, 5.74) is 9.85. The first-order valence-corrected chi connectivity index (χ1v) is 9.54. The first-order valence-electron chi connectivity index (χ1n) is 9.54. The predicted octanol–water partition coefficient (Wildman–Crippen LogP) is 4.92. The molecule has 0 aromatic heterocycles. The highest BCUT2D eigenvalue weighted by Crippen LogP contribution is 2.19. The van der Waals surface area contributed by atoms with Gasteiger partial charge in [0, 0.05) is 24.3 Å². The first kappa shape index (κ1) is 24.3. The number of likely N-dealkylation sites (tertiary alicyclic amines) is 1. The maximum Gasteiger partial charge on any atom is 0.224 e. The lowest BCUT2D eigenvalue weighted by Crippen LogP contribution is -2.32. The van der Waals surface area contributed by atoms with Crippen LogP contribution in [0.5, 0.6) is 0 Å². The van der Waals surface area contributed by atoms with Gasteiger partial charge in [0.05, 0.1) is 0 Å². The van der Waals surface area contributed by atoms with Gasteiger partial charge in [-0.05, 0) is 67.6 Å². The molecule has 3 N–H and O–H groups in total. The minimum absolute atomic E-state index is 0. The number of aryl methyl sites for hydroxylation is 1. The quantitative estimate of drug-likeness (QED) is 0.648. The lowest BCUT2D eigenvalue weighted by Gasteiger charge is -2.30. The van der Waals surface area contributed by atoms with Crippen molar-refractivity contribution in [2.45, 2.75) is 39.2 Å². The Balaban J connectivity index is 0.00000196. The van der Waals surface area contributed by atoms with E-state index in [4.69, 9.17) is 5.73 Å². The van der Waals surface area contributed by atoms with Crippen LogP contribution in [0.3, 0.4) is 0 Å². The van der Waals surface area contributed by atoms with Crippen LogP contribution in [0.2, 0.25) is 0 Å². The monoisotopic (exact) mass is 423 g/mol. The Morgan fingerprint density at radius 1 is 1.07 bits per heavy atom. The second kappa shape index (κ2) is 11.9. The van der Waals surface area contributed by atoms with Crippen LogP contribution >= 0.6 is 24.8 Å². The van der Waals surface area contributed by atoms with E-state index in [0.717, 1.165) is 29.4 Å². The summed E-state index contributed by atoms with van der Waals surface area (Å²) in [5.74, 6) is 0.876. The van der Waals surface area contributed by atoms with Crippen LogP contribution in [-0.2, 0) is 17.8 Å². The van der Waals surface area contributed by atoms with Crippen molar-refractivity contribution in [3.8, 4) is 0 Å². The molecule has 1 heterocycles. The van der Waals surface area contributed by atoms with Crippen molar-refractivity contribution in [3.05, 3.63) is 59.7 Å². The Labute approximate surface area is 180 Å². The molecule has 1 fully saturated rings. The fourth-order valence-corrected chi connectivity index (χ4v) is 3.41. The normalized spacial score (nSPS) is 14.6. The van der Waals surface area contributed by atoms with Gasteiger partial charge in [0.2, 0.25) is 5.91 Å². The average Bonchev–Trinajstić information content (AvgIpc) is 2.64. The fraction of sp³-hybridized carbons (Fsp3) is 0.409. The van der Waals surface area contributed by atoms with E-state index in [9.17, 15) is 4.79 Å². The van der Waals surface area contributed by atoms with Crippen LogP contribution < -0.4 is 11.1 Å². The zero-order valence-electron chi connectivity index (χ0n) is 16.4. The van der Waals surface area contributed by atoms with Gasteiger partial charge in [0.1, 0.15) is 0 Å². The van der Waals surface area contributed by atoms with E-state index in [0.29, 0.717) is 12.8 Å². The van der Waals surface area contributed by atoms with Crippen molar-refractivity contribution in [2.75, 3.05) is 24.1 Å². The molecule has 0 saturated carbocycles. The van der Waals surface area contributed by atoms with Gasteiger partial charge < -0.3 is 11.1 Å².